The molecule has 4 rings (SSSR count). The van der Waals surface area contributed by atoms with Gasteiger partial charge in [0, 0.05) is 35.7 Å². The van der Waals surface area contributed by atoms with Gasteiger partial charge in [-0.15, -0.1) is 0 Å². The summed E-state index contributed by atoms with van der Waals surface area (Å²) in [7, 11) is 0. The number of fused-ring (bicyclic) bond motifs is 2. The van der Waals surface area contributed by atoms with Crippen molar-refractivity contribution in [1.82, 2.24) is 10.2 Å². The molecule has 1 aliphatic rings. The van der Waals surface area contributed by atoms with Gasteiger partial charge in [0.2, 0.25) is 5.91 Å². The van der Waals surface area contributed by atoms with Crippen molar-refractivity contribution in [3.05, 3.63) is 56.7 Å². The van der Waals surface area contributed by atoms with E-state index in [2.05, 4.69) is 15.5 Å². The van der Waals surface area contributed by atoms with E-state index in [0.29, 0.717) is 18.4 Å². The lowest BCUT2D eigenvalue weighted by Gasteiger charge is -2.12. The lowest BCUT2D eigenvalue weighted by Crippen LogP contribution is -2.14. The Balaban J connectivity index is 1.49. The summed E-state index contributed by atoms with van der Waals surface area (Å²) in [5.74, 6) is -0.0416. The normalized spacial score (nSPS) is 13.6. The molecule has 2 aromatic heterocycles. The van der Waals surface area contributed by atoms with Crippen molar-refractivity contribution in [1.29, 1.82) is 0 Å². The van der Waals surface area contributed by atoms with E-state index >= 15 is 0 Å². The van der Waals surface area contributed by atoms with Crippen molar-refractivity contribution in [2.45, 2.75) is 52.4 Å². The average molecular weight is 365 g/mol. The maximum Gasteiger partial charge on any atom is 0.336 e. The SMILES string of the molecule is Cc1cc2oc(=O)cc(C)c2cc1NC(=O)CCc1n[nH]c2c1CCCC2. The molecule has 6 heteroatoms. The van der Waals surface area contributed by atoms with Crippen molar-refractivity contribution >= 4 is 22.6 Å². The van der Waals surface area contributed by atoms with E-state index in [4.69, 9.17) is 4.42 Å². The first-order chi connectivity index (χ1) is 13.0. The van der Waals surface area contributed by atoms with Crippen molar-refractivity contribution < 1.29 is 9.21 Å². The van der Waals surface area contributed by atoms with E-state index in [-0.39, 0.29) is 11.5 Å². The van der Waals surface area contributed by atoms with E-state index in [1.54, 1.807) is 6.07 Å². The highest BCUT2D eigenvalue weighted by atomic mass is 16.4. The monoisotopic (exact) mass is 365 g/mol. The number of aryl methyl sites for hydroxylation is 4. The Hall–Kier alpha value is -2.89. The number of aromatic amines is 1. The zero-order valence-electron chi connectivity index (χ0n) is 15.6. The van der Waals surface area contributed by atoms with Crippen LogP contribution in [0.1, 0.15) is 47.3 Å². The van der Waals surface area contributed by atoms with E-state index in [1.807, 2.05) is 19.9 Å². The fourth-order valence-electron chi connectivity index (χ4n) is 3.80. The molecule has 0 spiro atoms. The molecule has 0 fully saturated rings. The third-order valence-corrected chi connectivity index (χ3v) is 5.30. The fraction of sp³-hybridized carbons (Fsp3) is 0.381. The first-order valence-corrected chi connectivity index (χ1v) is 9.41. The number of carbonyl (C=O) groups excluding carboxylic acids is 1. The molecule has 2 N–H and O–H groups in total. The predicted molar refractivity (Wildman–Crippen MR) is 104 cm³/mol. The van der Waals surface area contributed by atoms with Crippen LogP contribution in [0, 0.1) is 13.8 Å². The van der Waals surface area contributed by atoms with Crippen LogP contribution in [-0.2, 0) is 24.1 Å². The molecule has 0 unspecified atom stereocenters. The number of carbonyl (C=O) groups is 1. The highest BCUT2D eigenvalue weighted by Crippen LogP contribution is 2.26. The van der Waals surface area contributed by atoms with E-state index in [0.717, 1.165) is 40.7 Å². The third-order valence-electron chi connectivity index (χ3n) is 5.30. The topological polar surface area (TPSA) is 88.0 Å². The third kappa shape index (κ3) is 3.52. The molecule has 0 atom stereocenters. The van der Waals surface area contributed by atoms with Crippen LogP contribution in [0.2, 0.25) is 0 Å². The Morgan fingerprint density at radius 3 is 2.85 bits per heavy atom. The molecule has 27 heavy (non-hydrogen) atoms. The summed E-state index contributed by atoms with van der Waals surface area (Å²) in [6.07, 6.45) is 5.53. The maximum absolute atomic E-state index is 12.5. The minimum Gasteiger partial charge on any atom is -0.423 e. The summed E-state index contributed by atoms with van der Waals surface area (Å²) >= 11 is 0. The smallest absolute Gasteiger partial charge is 0.336 e. The molecule has 0 bridgehead atoms. The Bertz CT molecular complexity index is 1080. The summed E-state index contributed by atoms with van der Waals surface area (Å²) in [6, 6.07) is 5.13. The molecule has 1 aromatic carbocycles. The first-order valence-electron chi connectivity index (χ1n) is 9.41. The van der Waals surface area contributed by atoms with Gasteiger partial charge in [0.15, 0.2) is 0 Å². The van der Waals surface area contributed by atoms with Gasteiger partial charge < -0.3 is 9.73 Å². The summed E-state index contributed by atoms with van der Waals surface area (Å²) in [5, 5.41) is 11.4. The van der Waals surface area contributed by atoms with E-state index < -0.39 is 0 Å². The van der Waals surface area contributed by atoms with Gasteiger partial charge in [-0.3, -0.25) is 9.89 Å². The molecular weight excluding hydrogens is 342 g/mol. The molecular formula is C21H23N3O3. The molecule has 1 aliphatic carbocycles. The van der Waals surface area contributed by atoms with Gasteiger partial charge in [-0.05, 0) is 68.4 Å². The molecule has 0 saturated heterocycles. The minimum atomic E-state index is -0.362. The number of benzene rings is 1. The molecule has 0 aliphatic heterocycles. The lowest BCUT2D eigenvalue weighted by atomic mass is 9.94. The van der Waals surface area contributed by atoms with Crippen molar-refractivity contribution in [3.63, 3.8) is 0 Å². The van der Waals surface area contributed by atoms with Crippen LogP contribution in [-0.4, -0.2) is 16.1 Å². The van der Waals surface area contributed by atoms with E-state index in [1.165, 1.54) is 30.2 Å². The Kier molecular flexibility index (Phi) is 4.56. The number of aromatic nitrogens is 2. The average Bonchev–Trinajstić information content (AvgIpc) is 3.04. The number of amides is 1. The van der Waals surface area contributed by atoms with Crippen molar-refractivity contribution in [3.8, 4) is 0 Å². The number of nitrogens with zero attached hydrogens (tertiary/aromatic N) is 1. The maximum atomic E-state index is 12.5. The predicted octanol–water partition coefficient (Wildman–Crippen LogP) is 3.58. The second-order valence-electron chi connectivity index (χ2n) is 7.29. The van der Waals surface area contributed by atoms with Crippen LogP contribution < -0.4 is 10.9 Å². The van der Waals surface area contributed by atoms with Crippen molar-refractivity contribution in [2.24, 2.45) is 0 Å². The number of hydrogen-bond donors (Lipinski definition) is 2. The number of nitrogens with one attached hydrogen (secondary N) is 2. The van der Waals surface area contributed by atoms with Gasteiger partial charge >= 0.3 is 5.63 Å². The molecule has 3 aromatic rings. The number of hydrogen-bond acceptors (Lipinski definition) is 4. The summed E-state index contributed by atoms with van der Waals surface area (Å²) in [5.41, 5.74) is 6.18. The number of anilines is 1. The van der Waals surface area contributed by atoms with Crippen LogP contribution in [0.15, 0.2) is 27.4 Å². The summed E-state index contributed by atoms with van der Waals surface area (Å²) < 4.78 is 5.25. The number of H-pyrrole nitrogens is 1. The number of rotatable bonds is 4. The largest absolute Gasteiger partial charge is 0.423 e. The Labute approximate surface area is 157 Å². The van der Waals surface area contributed by atoms with Crippen LogP contribution >= 0.6 is 0 Å². The van der Waals surface area contributed by atoms with Crippen molar-refractivity contribution in [2.75, 3.05) is 5.32 Å². The molecule has 2 heterocycles. The van der Waals surface area contributed by atoms with Crippen LogP contribution in [0.25, 0.3) is 11.0 Å². The zero-order valence-corrected chi connectivity index (χ0v) is 15.6. The first kappa shape index (κ1) is 17.5. The Morgan fingerprint density at radius 1 is 1.19 bits per heavy atom. The highest BCUT2D eigenvalue weighted by molar-refractivity contribution is 5.95. The standard InChI is InChI=1S/C21H23N3O3/c1-12-10-21(26)27-19-9-13(2)18(11-15(12)19)22-20(25)8-7-17-14-5-3-4-6-16(14)23-24-17/h9-11H,3-8H2,1-2H3,(H,22,25)(H,23,24). The van der Waals surface area contributed by atoms with Crippen LogP contribution in [0.5, 0.6) is 0 Å². The minimum absolute atomic E-state index is 0.0416. The summed E-state index contributed by atoms with van der Waals surface area (Å²) in [4.78, 5) is 24.0. The van der Waals surface area contributed by atoms with Gasteiger partial charge in [-0.25, -0.2) is 4.79 Å². The fourth-order valence-corrected chi connectivity index (χ4v) is 3.80. The molecule has 0 radical (unpaired) electrons. The quantitative estimate of drug-likeness (QED) is 0.692. The second-order valence-corrected chi connectivity index (χ2v) is 7.29. The summed E-state index contributed by atoms with van der Waals surface area (Å²) in [6.45, 7) is 3.75. The van der Waals surface area contributed by atoms with Gasteiger partial charge in [-0.2, -0.15) is 5.10 Å². The molecule has 0 saturated carbocycles. The van der Waals surface area contributed by atoms with Crippen LogP contribution in [0.4, 0.5) is 5.69 Å². The highest BCUT2D eigenvalue weighted by Gasteiger charge is 2.17. The molecule has 6 nitrogen and oxygen atoms in total. The van der Waals surface area contributed by atoms with Gasteiger partial charge in [0.1, 0.15) is 5.58 Å². The van der Waals surface area contributed by atoms with Gasteiger partial charge in [0.05, 0.1) is 5.69 Å². The second kappa shape index (κ2) is 7.02. The van der Waals surface area contributed by atoms with Crippen LogP contribution in [0.3, 0.4) is 0 Å². The lowest BCUT2D eigenvalue weighted by molar-refractivity contribution is -0.116. The van der Waals surface area contributed by atoms with Gasteiger partial charge in [0.25, 0.3) is 0 Å². The van der Waals surface area contributed by atoms with Gasteiger partial charge in [-0.1, -0.05) is 0 Å². The Morgan fingerprint density at radius 2 is 2.00 bits per heavy atom. The molecule has 140 valence electrons. The van der Waals surface area contributed by atoms with E-state index in [9.17, 15) is 9.59 Å². The molecule has 1 amide bonds. The zero-order chi connectivity index (χ0) is 19.0.